The van der Waals surface area contributed by atoms with Gasteiger partial charge in [-0.25, -0.2) is 4.79 Å². The van der Waals surface area contributed by atoms with Crippen molar-refractivity contribution in [2.45, 2.75) is 46.1 Å². The maximum atomic E-state index is 11.5. The molecule has 0 saturated heterocycles. The molecule has 3 nitrogen and oxygen atoms in total. The number of urea groups is 1. The lowest BCUT2D eigenvalue weighted by molar-refractivity contribution is 0.250. The first-order chi connectivity index (χ1) is 8.02. The van der Waals surface area contributed by atoms with E-state index in [9.17, 15) is 4.79 Å². The summed E-state index contributed by atoms with van der Waals surface area (Å²) in [6.07, 6.45) is 1.13. The molecule has 1 aromatic carbocycles. The molecule has 94 valence electrons. The summed E-state index contributed by atoms with van der Waals surface area (Å²) in [6, 6.07) is 8.02. The molecule has 3 heteroatoms. The first-order valence-corrected chi connectivity index (χ1v) is 6.20. The molecule has 2 N–H and O–H groups in total. The van der Waals surface area contributed by atoms with E-state index in [4.69, 9.17) is 0 Å². The monoisotopic (exact) mass is 234 g/mol. The third-order valence-corrected chi connectivity index (χ3v) is 2.77. The molecule has 2 amide bonds. The number of hydrogen-bond donors (Lipinski definition) is 2. The van der Waals surface area contributed by atoms with Crippen molar-refractivity contribution in [1.29, 1.82) is 0 Å². The van der Waals surface area contributed by atoms with Crippen LogP contribution in [-0.4, -0.2) is 12.1 Å². The molecule has 1 unspecified atom stereocenters. The summed E-state index contributed by atoms with van der Waals surface area (Å²) in [5.74, 6) is 0.563. The highest BCUT2D eigenvalue weighted by molar-refractivity contribution is 5.89. The third-order valence-electron chi connectivity index (χ3n) is 2.77. The fraction of sp³-hybridized carbons (Fsp3) is 0.500. The van der Waals surface area contributed by atoms with Crippen LogP contribution in [0.2, 0.25) is 0 Å². The van der Waals surface area contributed by atoms with Gasteiger partial charge in [-0.05, 0) is 43.9 Å². The van der Waals surface area contributed by atoms with E-state index in [1.54, 1.807) is 0 Å². The lowest BCUT2D eigenvalue weighted by Crippen LogP contribution is -2.34. The number of carbonyl (C=O) groups is 1. The second-order valence-corrected chi connectivity index (χ2v) is 4.68. The van der Waals surface area contributed by atoms with Crippen molar-refractivity contribution >= 4 is 11.7 Å². The Kier molecular flexibility index (Phi) is 5.01. The second-order valence-electron chi connectivity index (χ2n) is 4.68. The van der Waals surface area contributed by atoms with Crippen molar-refractivity contribution in [3.8, 4) is 0 Å². The summed E-state index contributed by atoms with van der Waals surface area (Å²) in [4.78, 5) is 11.5. The summed E-state index contributed by atoms with van der Waals surface area (Å²) in [7, 11) is 0. The Balaban J connectivity index is 2.59. The molecule has 1 aromatic rings. The maximum Gasteiger partial charge on any atom is 0.319 e. The average molecular weight is 234 g/mol. The van der Waals surface area contributed by atoms with E-state index in [2.05, 4.69) is 36.6 Å². The zero-order valence-corrected chi connectivity index (χ0v) is 11.1. The Morgan fingerprint density at radius 3 is 2.24 bits per heavy atom. The first kappa shape index (κ1) is 13.6. The first-order valence-electron chi connectivity index (χ1n) is 6.20. The molecule has 0 aliphatic heterocycles. The van der Waals surface area contributed by atoms with Crippen LogP contribution >= 0.6 is 0 Å². The van der Waals surface area contributed by atoms with E-state index >= 15 is 0 Å². The zero-order valence-electron chi connectivity index (χ0n) is 11.1. The molecule has 0 aliphatic carbocycles. The van der Waals surface area contributed by atoms with Gasteiger partial charge in [0.05, 0.1) is 0 Å². The summed E-state index contributed by atoms with van der Waals surface area (Å²) in [6.45, 7) is 8.25. The van der Waals surface area contributed by atoms with Gasteiger partial charge in [-0.15, -0.1) is 0 Å². The van der Waals surface area contributed by atoms with Crippen LogP contribution in [0.15, 0.2) is 24.3 Å². The van der Waals surface area contributed by atoms with Crippen LogP contribution in [0.25, 0.3) is 0 Å². The number of rotatable bonds is 4. The van der Waals surface area contributed by atoms with E-state index in [1.807, 2.05) is 26.0 Å². The molecule has 0 aliphatic rings. The fourth-order valence-corrected chi connectivity index (χ4v) is 1.56. The SMILES string of the molecule is CCC(C)c1ccc(NC(=O)NC(C)C)cc1. The Labute approximate surface area is 104 Å². The lowest BCUT2D eigenvalue weighted by Gasteiger charge is -2.12. The molecule has 0 spiro atoms. The second kappa shape index (κ2) is 6.28. The van der Waals surface area contributed by atoms with Crippen molar-refractivity contribution < 1.29 is 4.79 Å². The van der Waals surface area contributed by atoms with Gasteiger partial charge in [0.1, 0.15) is 0 Å². The molecule has 17 heavy (non-hydrogen) atoms. The number of carbonyl (C=O) groups excluding carboxylic acids is 1. The van der Waals surface area contributed by atoms with Crippen molar-refractivity contribution in [1.82, 2.24) is 5.32 Å². The molecule has 0 bridgehead atoms. The molecule has 1 atom stereocenters. The number of hydrogen-bond acceptors (Lipinski definition) is 1. The predicted molar refractivity (Wildman–Crippen MR) is 72.4 cm³/mol. The van der Waals surface area contributed by atoms with Gasteiger partial charge >= 0.3 is 6.03 Å². The molecule has 0 radical (unpaired) electrons. The Morgan fingerprint density at radius 2 is 1.76 bits per heavy atom. The quantitative estimate of drug-likeness (QED) is 0.818. The molecule has 0 aromatic heterocycles. The highest BCUT2D eigenvalue weighted by atomic mass is 16.2. The molecular weight excluding hydrogens is 212 g/mol. The number of benzene rings is 1. The van der Waals surface area contributed by atoms with Gasteiger partial charge < -0.3 is 10.6 Å². The maximum absolute atomic E-state index is 11.5. The molecule has 0 saturated carbocycles. The van der Waals surface area contributed by atoms with Crippen LogP contribution in [-0.2, 0) is 0 Å². The Hall–Kier alpha value is -1.51. The van der Waals surface area contributed by atoms with Crippen LogP contribution in [0.3, 0.4) is 0 Å². The Bertz CT molecular complexity index is 357. The van der Waals surface area contributed by atoms with Crippen LogP contribution in [0.5, 0.6) is 0 Å². The number of anilines is 1. The van der Waals surface area contributed by atoms with Gasteiger partial charge in [0.25, 0.3) is 0 Å². The summed E-state index contributed by atoms with van der Waals surface area (Å²) in [5.41, 5.74) is 2.14. The minimum absolute atomic E-state index is 0.148. The Morgan fingerprint density at radius 1 is 1.18 bits per heavy atom. The van der Waals surface area contributed by atoms with Crippen molar-refractivity contribution in [3.63, 3.8) is 0 Å². The van der Waals surface area contributed by atoms with Crippen LogP contribution in [0, 0.1) is 0 Å². The van der Waals surface area contributed by atoms with Gasteiger partial charge in [0.2, 0.25) is 0 Å². The molecule has 0 heterocycles. The predicted octanol–water partition coefficient (Wildman–Crippen LogP) is 3.73. The minimum Gasteiger partial charge on any atom is -0.336 e. The van der Waals surface area contributed by atoms with Gasteiger partial charge in [0, 0.05) is 11.7 Å². The fourth-order valence-electron chi connectivity index (χ4n) is 1.56. The van der Waals surface area contributed by atoms with Crippen LogP contribution in [0.4, 0.5) is 10.5 Å². The van der Waals surface area contributed by atoms with E-state index in [-0.39, 0.29) is 12.1 Å². The van der Waals surface area contributed by atoms with Crippen LogP contribution < -0.4 is 10.6 Å². The highest BCUT2D eigenvalue weighted by Gasteiger charge is 2.05. The third kappa shape index (κ3) is 4.47. The summed E-state index contributed by atoms with van der Waals surface area (Å²) < 4.78 is 0. The van der Waals surface area contributed by atoms with E-state index in [0.29, 0.717) is 5.92 Å². The smallest absolute Gasteiger partial charge is 0.319 e. The van der Waals surface area contributed by atoms with Crippen molar-refractivity contribution in [2.75, 3.05) is 5.32 Å². The van der Waals surface area contributed by atoms with Gasteiger partial charge in [-0.1, -0.05) is 26.0 Å². The summed E-state index contributed by atoms with van der Waals surface area (Å²) in [5, 5.41) is 5.60. The number of nitrogens with one attached hydrogen (secondary N) is 2. The van der Waals surface area contributed by atoms with Gasteiger partial charge in [-0.2, -0.15) is 0 Å². The minimum atomic E-state index is -0.156. The van der Waals surface area contributed by atoms with E-state index in [0.717, 1.165) is 12.1 Å². The molecule has 1 rings (SSSR count). The topological polar surface area (TPSA) is 41.1 Å². The molecule has 0 fully saturated rings. The zero-order chi connectivity index (χ0) is 12.8. The van der Waals surface area contributed by atoms with Gasteiger partial charge in [0.15, 0.2) is 0 Å². The van der Waals surface area contributed by atoms with Crippen molar-refractivity contribution in [3.05, 3.63) is 29.8 Å². The van der Waals surface area contributed by atoms with E-state index in [1.165, 1.54) is 5.56 Å². The highest BCUT2D eigenvalue weighted by Crippen LogP contribution is 2.20. The van der Waals surface area contributed by atoms with Crippen molar-refractivity contribution in [2.24, 2.45) is 0 Å². The standard InChI is InChI=1S/C14H22N2O/c1-5-11(4)12-6-8-13(9-7-12)16-14(17)15-10(2)3/h6-11H,5H2,1-4H3,(H2,15,16,17). The average Bonchev–Trinajstić information content (AvgIpc) is 2.28. The normalized spacial score (nSPS) is 12.3. The number of amides is 2. The lowest BCUT2D eigenvalue weighted by atomic mass is 9.99. The van der Waals surface area contributed by atoms with E-state index < -0.39 is 0 Å². The van der Waals surface area contributed by atoms with Crippen LogP contribution in [0.1, 0.15) is 45.6 Å². The summed E-state index contributed by atoms with van der Waals surface area (Å²) >= 11 is 0. The largest absolute Gasteiger partial charge is 0.336 e. The molecular formula is C14H22N2O. The van der Waals surface area contributed by atoms with Gasteiger partial charge in [-0.3, -0.25) is 0 Å².